The molecule has 1 aromatic carbocycles. The van der Waals surface area contributed by atoms with Gasteiger partial charge in [-0.3, -0.25) is 5.10 Å². The number of hydrogen-bond acceptors (Lipinski definition) is 4. The van der Waals surface area contributed by atoms with Crippen molar-refractivity contribution >= 4 is 27.2 Å². The van der Waals surface area contributed by atoms with Crippen LogP contribution in [0.1, 0.15) is 37.2 Å². The number of aromatic amines is 1. The van der Waals surface area contributed by atoms with Gasteiger partial charge in [-0.1, -0.05) is 12.1 Å². The molecule has 0 amide bonds. The minimum absolute atomic E-state index is 0.116. The second-order valence-corrected chi connectivity index (χ2v) is 6.97. The number of nitrogens with one attached hydrogen (secondary N) is 1. The van der Waals surface area contributed by atoms with Crippen LogP contribution < -0.4 is 5.73 Å². The molecule has 0 saturated heterocycles. The zero-order valence-electron chi connectivity index (χ0n) is 12.2. The highest BCUT2D eigenvalue weighted by Crippen LogP contribution is 2.41. The molecule has 114 valence electrons. The molecule has 1 aliphatic carbocycles. The third-order valence-electron chi connectivity index (χ3n) is 4.63. The molecule has 0 bridgehead atoms. The first kappa shape index (κ1) is 13.8. The van der Waals surface area contributed by atoms with Gasteiger partial charge in [0, 0.05) is 11.3 Å². The second kappa shape index (κ2) is 5.41. The Morgan fingerprint density at radius 2 is 1.86 bits per heavy atom. The molecule has 0 atom stereocenters. The van der Waals surface area contributed by atoms with E-state index in [9.17, 15) is 5.11 Å². The van der Waals surface area contributed by atoms with Crippen LogP contribution in [0.5, 0.6) is 0 Å². The van der Waals surface area contributed by atoms with E-state index in [1.54, 1.807) is 11.3 Å². The first-order valence-corrected chi connectivity index (χ1v) is 8.60. The molecule has 1 aliphatic rings. The highest BCUT2D eigenvalue weighted by molar-refractivity contribution is 7.18. The van der Waals surface area contributed by atoms with Crippen molar-refractivity contribution in [2.24, 2.45) is 0 Å². The number of aliphatic hydroxyl groups excluding tert-OH is 1. The molecule has 4 N–H and O–H groups in total. The monoisotopic (exact) mass is 313 g/mol. The highest BCUT2D eigenvalue weighted by Gasteiger charge is 2.25. The van der Waals surface area contributed by atoms with E-state index in [0.717, 1.165) is 48.1 Å². The minimum Gasteiger partial charge on any atom is -0.399 e. The number of aromatic nitrogens is 2. The first-order valence-electron chi connectivity index (χ1n) is 7.72. The van der Waals surface area contributed by atoms with Crippen molar-refractivity contribution < 1.29 is 5.11 Å². The standard InChI is InChI=1S/C17H19N3OS/c18-12-5-1-11(2-6-12)15-17-16(20-19-15)14(9-22-17)10-3-7-13(21)8-4-10/h1-2,5-6,9-10,13,21H,3-4,7-8,18H2,(H,19,20). The van der Waals surface area contributed by atoms with Crippen LogP contribution in [0, 0.1) is 0 Å². The molecule has 2 aromatic heterocycles. The number of nitrogens with zero attached hydrogens (tertiary/aromatic N) is 1. The molecule has 1 fully saturated rings. The molecule has 0 spiro atoms. The first-order chi connectivity index (χ1) is 10.7. The maximum Gasteiger partial charge on any atom is 0.107 e. The van der Waals surface area contributed by atoms with Gasteiger partial charge in [0.2, 0.25) is 0 Å². The summed E-state index contributed by atoms with van der Waals surface area (Å²) < 4.78 is 1.21. The Balaban J connectivity index is 1.71. The van der Waals surface area contributed by atoms with Crippen LogP contribution in [0.2, 0.25) is 0 Å². The third-order valence-corrected chi connectivity index (χ3v) is 5.64. The van der Waals surface area contributed by atoms with Gasteiger partial charge in [-0.15, -0.1) is 11.3 Å². The summed E-state index contributed by atoms with van der Waals surface area (Å²) in [4.78, 5) is 0. The van der Waals surface area contributed by atoms with E-state index in [1.807, 2.05) is 24.3 Å². The minimum atomic E-state index is -0.116. The number of rotatable bonds is 2. The van der Waals surface area contributed by atoms with E-state index >= 15 is 0 Å². The van der Waals surface area contributed by atoms with Crippen LogP contribution in [0.15, 0.2) is 29.6 Å². The van der Waals surface area contributed by atoms with E-state index in [2.05, 4.69) is 15.6 Å². The lowest BCUT2D eigenvalue weighted by Gasteiger charge is -2.24. The van der Waals surface area contributed by atoms with E-state index in [0.29, 0.717) is 5.92 Å². The fourth-order valence-corrected chi connectivity index (χ4v) is 4.45. The topological polar surface area (TPSA) is 74.9 Å². The number of anilines is 1. The number of hydrogen-bond donors (Lipinski definition) is 3. The summed E-state index contributed by atoms with van der Waals surface area (Å²) in [6.45, 7) is 0. The maximum absolute atomic E-state index is 9.68. The maximum atomic E-state index is 9.68. The largest absolute Gasteiger partial charge is 0.399 e. The van der Waals surface area contributed by atoms with E-state index in [4.69, 9.17) is 5.73 Å². The number of nitrogens with two attached hydrogens (primary N) is 1. The van der Waals surface area contributed by atoms with E-state index < -0.39 is 0 Å². The van der Waals surface area contributed by atoms with E-state index in [-0.39, 0.29) is 6.10 Å². The molecule has 4 nitrogen and oxygen atoms in total. The summed E-state index contributed by atoms with van der Waals surface area (Å²) in [7, 11) is 0. The Morgan fingerprint density at radius 1 is 1.14 bits per heavy atom. The lowest BCUT2D eigenvalue weighted by molar-refractivity contribution is 0.123. The SMILES string of the molecule is Nc1ccc(-c2[nH]nc3c(C4CCC(O)CC4)csc23)cc1. The summed E-state index contributed by atoms with van der Waals surface area (Å²) >= 11 is 1.75. The van der Waals surface area contributed by atoms with Crippen LogP contribution in [0.4, 0.5) is 5.69 Å². The molecule has 0 unspecified atom stereocenters. The van der Waals surface area contributed by atoms with Gasteiger partial charge < -0.3 is 10.8 Å². The Morgan fingerprint density at radius 3 is 2.59 bits per heavy atom. The van der Waals surface area contributed by atoms with Gasteiger partial charge in [0.15, 0.2) is 0 Å². The summed E-state index contributed by atoms with van der Waals surface area (Å²) in [6.07, 6.45) is 3.79. The van der Waals surface area contributed by atoms with Gasteiger partial charge in [0.1, 0.15) is 5.52 Å². The second-order valence-electron chi connectivity index (χ2n) is 6.09. The fraction of sp³-hybridized carbons (Fsp3) is 0.353. The molecular formula is C17H19N3OS. The van der Waals surface area contributed by atoms with Crippen LogP contribution in [-0.2, 0) is 0 Å². The third kappa shape index (κ3) is 2.30. The number of benzene rings is 1. The molecule has 22 heavy (non-hydrogen) atoms. The van der Waals surface area contributed by atoms with Crippen molar-refractivity contribution in [2.45, 2.75) is 37.7 Å². The number of aliphatic hydroxyl groups is 1. The van der Waals surface area contributed by atoms with Crippen molar-refractivity contribution in [3.63, 3.8) is 0 Å². The van der Waals surface area contributed by atoms with Gasteiger partial charge >= 0.3 is 0 Å². The van der Waals surface area contributed by atoms with Crippen molar-refractivity contribution in [2.75, 3.05) is 5.73 Å². The summed E-state index contributed by atoms with van der Waals surface area (Å²) in [5, 5.41) is 19.7. The Labute approximate surface area is 133 Å². The molecule has 0 radical (unpaired) electrons. The van der Waals surface area contributed by atoms with Gasteiger partial charge in [0.05, 0.1) is 16.5 Å². The number of fused-ring (bicyclic) bond motifs is 1. The molecule has 2 heterocycles. The normalized spacial score (nSPS) is 22.2. The van der Waals surface area contributed by atoms with Crippen molar-refractivity contribution in [3.8, 4) is 11.3 Å². The smallest absolute Gasteiger partial charge is 0.107 e. The van der Waals surface area contributed by atoms with Gasteiger partial charge in [-0.05, 0) is 54.7 Å². The molecule has 1 saturated carbocycles. The lowest BCUT2D eigenvalue weighted by Crippen LogP contribution is -2.16. The molecule has 5 heteroatoms. The molecule has 3 aromatic rings. The fourth-order valence-electron chi connectivity index (χ4n) is 3.34. The number of H-pyrrole nitrogens is 1. The van der Waals surface area contributed by atoms with Crippen molar-refractivity contribution in [3.05, 3.63) is 35.2 Å². The average Bonchev–Trinajstić information content (AvgIpc) is 3.11. The zero-order valence-corrected chi connectivity index (χ0v) is 13.1. The Bertz CT molecular complexity index is 782. The highest BCUT2D eigenvalue weighted by atomic mass is 32.1. The van der Waals surface area contributed by atoms with E-state index in [1.165, 1.54) is 10.3 Å². The average molecular weight is 313 g/mol. The van der Waals surface area contributed by atoms with Crippen molar-refractivity contribution in [1.82, 2.24) is 10.2 Å². The predicted molar refractivity (Wildman–Crippen MR) is 91.0 cm³/mol. The molecule has 4 rings (SSSR count). The molecular weight excluding hydrogens is 294 g/mol. The van der Waals surface area contributed by atoms with Crippen LogP contribution in [0.3, 0.4) is 0 Å². The van der Waals surface area contributed by atoms with Crippen LogP contribution in [0.25, 0.3) is 21.5 Å². The van der Waals surface area contributed by atoms with Crippen LogP contribution in [-0.4, -0.2) is 21.4 Å². The number of nitrogen functional groups attached to an aromatic ring is 1. The van der Waals surface area contributed by atoms with Gasteiger partial charge in [-0.25, -0.2) is 0 Å². The summed E-state index contributed by atoms with van der Waals surface area (Å²) in [6, 6.07) is 7.88. The quantitative estimate of drug-likeness (QED) is 0.628. The zero-order chi connectivity index (χ0) is 15.1. The summed E-state index contributed by atoms with van der Waals surface area (Å²) in [5.41, 5.74) is 11.2. The van der Waals surface area contributed by atoms with Gasteiger partial charge in [-0.2, -0.15) is 5.10 Å². The Kier molecular flexibility index (Phi) is 3.39. The molecule has 0 aliphatic heterocycles. The predicted octanol–water partition coefficient (Wildman–Crippen LogP) is 3.89. The van der Waals surface area contributed by atoms with Gasteiger partial charge in [0.25, 0.3) is 0 Å². The lowest BCUT2D eigenvalue weighted by atomic mass is 9.83. The van der Waals surface area contributed by atoms with Crippen molar-refractivity contribution in [1.29, 1.82) is 0 Å². The number of thiophene rings is 1. The summed E-state index contributed by atoms with van der Waals surface area (Å²) in [5.74, 6) is 0.528. The Hall–Kier alpha value is -1.85. The van der Waals surface area contributed by atoms with Crippen LogP contribution >= 0.6 is 11.3 Å².